The van der Waals surface area contributed by atoms with E-state index < -0.39 is 23.5 Å². The summed E-state index contributed by atoms with van der Waals surface area (Å²) in [5.74, 6) is -3.24. The van der Waals surface area contributed by atoms with Crippen molar-refractivity contribution in [1.29, 1.82) is 5.26 Å². The van der Waals surface area contributed by atoms with Crippen molar-refractivity contribution in [2.75, 3.05) is 10.6 Å². The number of nitriles is 1. The second-order valence-electron chi connectivity index (χ2n) is 6.21. The summed E-state index contributed by atoms with van der Waals surface area (Å²) >= 11 is 0. The molecule has 134 valence electrons. The molecule has 0 fully saturated rings. The van der Waals surface area contributed by atoms with E-state index >= 15 is 0 Å². The predicted octanol–water partition coefficient (Wildman–Crippen LogP) is 1.58. The number of benzene rings is 2. The van der Waals surface area contributed by atoms with E-state index in [1.807, 2.05) is 24.3 Å². The van der Waals surface area contributed by atoms with Gasteiger partial charge in [-0.25, -0.2) is 4.79 Å². The number of fused-ring (bicyclic) bond motifs is 2. The van der Waals surface area contributed by atoms with Crippen molar-refractivity contribution in [2.24, 2.45) is 11.7 Å². The van der Waals surface area contributed by atoms with Gasteiger partial charge in [-0.3, -0.25) is 9.89 Å². The molecule has 2 heterocycles. The maximum atomic E-state index is 12.1. The van der Waals surface area contributed by atoms with Crippen LogP contribution < -0.4 is 16.4 Å². The highest BCUT2D eigenvalue weighted by Gasteiger charge is 2.51. The van der Waals surface area contributed by atoms with Crippen molar-refractivity contribution >= 4 is 34.2 Å². The lowest BCUT2D eigenvalue weighted by Gasteiger charge is -2.32. The SMILES string of the molecule is N#CC(C(N)=O)C1(c2n[nH]c3ccccc23)Nc2ccc(C(=O)O)cc2N1. The van der Waals surface area contributed by atoms with Crippen molar-refractivity contribution in [2.45, 2.75) is 5.66 Å². The summed E-state index contributed by atoms with van der Waals surface area (Å²) in [4.78, 5) is 23.3. The molecule has 9 nitrogen and oxygen atoms in total. The van der Waals surface area contributed by atoms with E-state index in [2.05, 4.69) is 20.8 Å². The molecular weight excluding hydrogens is 348 g/mol. The Bertz CT molecular complexity index is 1130. The Labute approximate surface area is 152 Å². The van der Waals surface area contributed by atoms with Gasteiger partial charge < -0.3 is 21.5 Å². The van der Waals surface area contributed by atoms with Crippen LogP contribution in [0.3, 0.4) is 0 Å². The molecule has 1 aliphatic rings. The van der Waals surface area contributed by atoms with Gasteiger partial charge in [-0.2, -0.15) is 10.4 Å². The summed E-state index contributed by atoms with van der Waals surface area (Å²) in [5.41, 5.74) is 6.20. The van der Waals surface area contributed by atoms with E-state index in [1.54, 1.807) is 12.1 Å². The lowest BCUT2D eigenvalue weighted by molar-refractivity contribution is -0.121. The minimum atomic E-state index is -1.44. The van der Waals surface area contributed by atoms with E-state index in [9.17, 15) is 20.0 Å². The fourth-order valence-electron chi connectivity index (χ4n) is 3.38. The molecule has 0 bridgehead atoms. The second-order valence-corrected chi connectivity index (χ2v) is 6.21. The summed E-state index contributed by atoms with van der Waals surface area (Å²) in [7, 11) is 0. The van der Waals surface area contributed by atoms with E-state index in [0.29, 0.717) is 22.5 Å². The molecule has 1 amide bonds. The lowest BCUT2D eigenvalue weighted by atomic mass is 9.88. The maximum absolute atomic E-state index is 12.1. The number of carbonyl (C=O) groups excluding carboxylic acids is 1. The Morgan fingerprint density at radius 3 is 2.63 bits per heavy atom. The largest absolute Gasteiger partial charge is 0.478 e. The highest BCUT2D eigenvalue weighted by Crippen LogP contribution is 2.45. The summed E-state index contributed by atoms with van der Waals surface area (Å²) in [5, 5.41) is 33.0. The van der Waals surface area contributed by atoms with Gasteiger partial charge in [0.05, 0.1) is 28.5 Å². The minimum absolute atomic E-state index is 0.0679. The van der Waals surface area contributed by atoms with Crippen LogP contribution in [0.2, 0.25) is 0 Å². The molecule has 6 N–H and O–H groups in total. The number of amides is 1. The summed E-state index contributed by atoms with van der Waals surface area (Å²) in [6.45, 7) is 0. The number of primary amides is 1. The van der Waals surface area contributed by atoms with Crippen LogP contribution in [0.4, 0.5) is 11.4 Å². The number of aromatic nitrogens is 2. The molecule has 0 spiro atoms. The smallest absolute Gasteiger partial charge is 0.335 e. The fourth-order valence-corrected chi connectivity index (χ4v) is 3.38. The van der Waals surface area contributed by atoms with E-state index in [0.717, 1.165) is 5.52 Å². The number of aromatic carboxylic acids is 1. The lowest BCUT2D eigenvalue weighted by Crippen LogP contribution is -2.51. The molecule has 1 aromatic heterocycles. The third kappa shape index (κ3) is 2.35. The van der Waals surface area contributed by atoms with E-state index in [-0.39, 0.29) is 5.56 Å². The van der Waals surface area contributed by atoms with Crippen molar-refractivity contribution in [1.82, 2.24) is 10.2 Å². The molecule has 27 heavy (non-hydrogen) atoms. The number of H-pyrrole nitrogens is 1. The summed E-state index contributed by atoms with van der Waals surface area (Å²) in [6, 6.07) is 13.6. The molecule has 2 unspecified atom stereocenters. The predicted molar refractivity (Wildman–Crippen MR) is 96.7 cm³/mol. The van der Waals surface area contributed by atoms with Crippen LogP contribution in [0, 0.1) is 17.2 Å². The molecular formula is C18H14N6O3. The first-order valence-electron chi connectivity index (χ1n) is 8.02. The number of hydrogen-bond acceptors (Lipinski definition) is 6. The first-order chi connectivity index (χ1) is 13.0. The number of carbonyl (C=O) groups is 2. The number of hydrogen-bond donors (Lipinski definition) is 5. The van der Waals surface area contributed by atoms with Gasteiger partial charge in [-0.1, -0.05) is 18.2 Å². The van der Waals surface area contributed by atoms with Gasteiger partial charge in [0.1, 0.15) is 5.69 Å². The van der Waals surface area contributed by atoms with E-state index in [1.165, 1.54) is 12.1 Å². The number of para-hydroxylation sites is 1. The maximum Gasteiger partial charge on any atom is 0.335 e. The number of nitrogens with two attached hydrogens (primary N) is 1. The Balaban J connectivity index is 1.93. The molecule has 2 atom stereocenters. The highest BCUT2D eigenvalue weighted by atomic mass is 16.4. The summed E-state index contributed by atoms with van der Waals surface area (Å²) in [6.07, 6.45) is 0. The average molecular weight is 362 g/mol. The number of anilines is 2. The second kappa shape index (κ2) is 5.74. The van der Waals surface area contributed by atoms with Crippen molar-refractivity contribution in [3.05, 3.63) is 53.7 Å². The number of nitrogens with one attached hydrogen (secondary N) is 3. The van der Waals surface area contributed by atoms with Crippen LogP contribution in [0.15, 0.2) is 42.5 Å². The third-order valence-electron chi connectivity index (χ3n) is 4.62. The standard InChI is InChI=1S/C18H14N6O3/c19-8-11(16(20)25)18(15-10-3-1-2-4-12(10)23-24-15)21-13-6-5-9(17(26)27)7-14(13)22-18/h1-7,11,21-22H,(H2,20,25)(H,23,24)(H,26,27). The topological polar surface area (TPSA) is 157 Å². The zero-order valence-electron chi connectivity index (χ0n) is 13.9. The zero-order valence-corrected chi connectivity index (χ0v) is 13.9. The first-order valence-corrected chi connectivity index (χ1v) is 8.02. The van der Waals surface area contributed by atoms with Crippen LogP contribution in [-0.4, -0.2) is 27.2 Å². The Kier molecular flexibility index (Phi) is 3.49. The van der Waals surface area contributed by atoms with Gasteiger partial charge in [-0.05, 0) is 24.3 Å². The monoisotopic (exact) mass is 362 g/mol. The molecule has 3 aromatic rings. The molecule has 0 saturated carbocycles. The van der Waals surface area contributed by atoms with Gasteiger partial charge in [-0.15, -0.1) is 0 Å². The van der Waals surface area contributed by atoms with Crippen molar-refractivity contribution in [3.63, 3.8) is 0 Å². The van der Waals surface area contributed by atoms with Gasteiger partial charge in [0, 0.05) is 5.39 Å². The van der Waals surface area contributed by atoms with Crippen LogP contribution in [-0.2, 0) is 10.5 Å². The molecule has 0 radical (unpaired) electrons. The Morgan fingerprint density at radius 2 is 1.93 bits per heavy atom. The van der Waals surface area contributed by atoms with Gasteiger partial charge in [0.25, 0.3) is 0 Å². The van der Waals surface area contributed by atoms with Crippen LogP contribution in [0.1, 0.15) is 16.1 Å². The molecule has 2 aromatic carbocycles. The summed E-state index contributed by atoms with van der Waals surface area (Å²) < 4.78 is 0. The normalized spacial score (nSPS) is 18.8. The number of nitrogens with zero attached hydrogens (tertiary/aromatic N) is 2. The molecule has 9 heteroatoms. The molecule has 1 aliphatic heterocycles. The number of rotatable bonds is 4. The van der Waals surface area contributed by atoms with E-state index in [4.69, 9.17) is 5.73 Å². The van der Waals surface area contributed by atoms with Gasteiger partial charge in [0.15, 0.2) is 11.6 Å². The first kappa shape index (κ1) is 16.4. The zero-order chi connectivity index (χ0) is 19.2. The molecule has 0 aliphatic carbocycles. The Hall–Kier alpha value is -4.06. The average Bonchev–Trinajstić information content (AvgIpc) is 3.23. The van der Waals surface area contributed by atoms with Crippen molar-refractivity contribution in [3.8, 4) is 6.07 Å². The quantitative estimate of drug-likeness (QED) is 0.471. The van der Waals surface area contributed by atoms with Crippen molar-refractivity contribution < 1.29 is 14.7 Å². The third-order valence-corrected chi connectivity index (χ3v) is 4.62. The van der Waals surface area contributed by atoms with Gasteiger partial charge in [0.2, 0.25) is 5.91 Å². The number of carboxylic acids is 1. The number of aromatic amines is 1. The van der Waals surface area contributed by atoms with Crippen LogP contribution >= 0.6 is 0 Å². The minimum Gasteiger partial charge on any atom is -0.478 e. The number of carboxylic acid groups (broad SMARTS) is 1. The fraction of sp³-hybridized carbons (Fsp3) is 0.111. The van der Waals surface area contributed by atoms with Gasteiger partial charge >= 0.3 is 5.97 Å². The van der Waals surface area contributed by atoms with Crippen LogP contribution in [0.5, 0.6) is 0 Å². The molecule has 0 saturated heterocycles. The highest BCUT2D eigenvalue weighted by molar-refractivity contribution is 5.94. The Morgan fingerprint density at radius 1 is 1.19 bits per heavy atom. The molecule has 4 rings (SSSR count). The van der Waals surface area contributed by atoms with Crippen LogP contribution in [0.25, 0.3) is 10.9 Å².